The standard InChI is InChI=1S/C31H52F2O2/c1-4-29(34)15-12-23-22(20-29)7-8-25-24(23)11-14-28(3)26(9-10-27(25)28)21(2)6-5-13-30(35)16-18-31(32,33)19-17-30/h21-27,34-35H,4-20H2,1-3H3/t21-,22+,23+,24-,25-,26-,27+,28-,29+/m1/s1. The Bertz CT molecular complexity index is 744. The van der Waals surface area contributed by atoms with E-state index in [-0.39, 0.29) is 25.7 Å². The van der Waals surface area contributed by atoms with Crippen LogP contribution in [0.5, 0.6) is 0 Å². The van der Waals surface area contributed by atoms with E-state index in [0.29, 0.717) is 17.8 Å². The second-order valence-electron chi connectivity index (χ2n) is 14.4. The molecule has 0 saturated heterocycles. The smallest absolute Gasteiger partial charge is 0.248 e. The normalized spacial score (nSPS) is 47.4. The number of hydrogen-bond donors (Lipinski definition) is 2. The Morgan fingerprint density at radius 2 is 1.51 bits per heavy atom. The monoisotopic (exact) mass is 494 g/mol. The van der Waals surface area contributed by atoms with E-state index < -0.39 is 17.1 Å². The topological polar surface area (TPSA) is 40.5 Å². The van der Waals surface area contributed by atoms with Crippen LogP contribution < -0.4 is 0 Å². The summed E-state index contributed by atoms with van der Waals surface area (Å²) < 4.78 is 27.1. The van der Waals surface area contributed by atoms with Crippen LogP contribution in [0.4, 0.5) is 8.78 Å². The molecule has 0 unspecified atom stereocenters. The molecule has 202 valence electrons. The first-order valence-electron chi connectivity index (χ1n) is 15.3. The van der Waals surface area contributed by atoms with E-state index in [1.807, 2.05) is 0 Å². The molecule has 5 fully saturated rings. The van der Waals surface area contributed by atoms with Gasteiger partial charge < -0.3 is 10.2 Å². The van der Waals surface area contributed by atoms with Crippen LogP contribution in [0, 0.1) is 46.8 Å². The Morgan fingerprint density at radius 3 is 2.23 bits per heavy atom. The summed E-state index contributed by atoms with van der Waals surface area (Å²) in [5.41, 5.74) is -0.795. The van der Waals surface area contributed by atoms with E-state index in [0.717, 1.165) is 67.6 Å². The number of rotatable bonds is 6. The van der Waals surface area contributed by atoms with Gasteiger partial charge in [0.15, 0.2) is 0 Å². The highest BCUT2D eigenvalue weighted by Gasteiger charge is 2.58. The van der Waals surface area contributed by atoms with Gasteiger partial charge >= 0.3 is 0 Å². The maximum Gasteiger partial charge on any atom is 0.248 e. The molecule has 35 heavy (non-hydrogen) atoms. The summed E-state index contributed by atoms with van der Waals surface area (Å²) in [4.78, 5) is 0. The van der Waals surface area contributed by atoms with E-state index in [1.165, 1.54) is 44.9 Å². The second-order valence-corrected chi connectivity index (χ2v) is 14.4. The van der Waals surface area contributed by atoms with E-state index in [2.05, 4.69) is 20.8 Å². The lowest BCUT2D eigenvalue weighted by Gasteiger charge is -2.57. The number of hydrogen-bond acceptors (Lipinski definition) is 2. The molecule has 0 aromatic rings. The molecule has 0 heterocycles. The van der Waals surface area contributed by atoms with Crippen LogP contribution in [0.1, 0.15) is 130 Å². The zero-order valence-corrected chi connectivity index (χ0v) is 22.7. The summed E-state index contributed by atoms with van der Waals surface area (Å²) in [6.45, 7) is 7.21. The fraction of sp³-hybridized carbons (Fsp3) is 1.00. The van der Waals surface area contributed by atoms with Gasteiger partial charge in [-0.3, -0.25) is 0 Å². The minimum atomic E-state index is -2.57. The molecule has 0 aliphatic heterocycles. The molecule has 5 saturated carbocycles. The predicted molar refractivity (Wildman–Crippen MR) is 137 cm³/mol. The van der Waals surface area contributed by atoms with Gasteiger partial charge in [-0.1, -0.05) is 33.6 Å². The molecule has 0 radical (unpaired) electrons. The summed E-state index contributed by atoms with van der Waals surface area (Å²) in [6, 6.07) is 0. The number of aliphatic hydroxyl groups is 2. The van der Waals surface area contributed by atoms with Crippen molar-refractivity contribution in [3.8, 4) is 0 Å². The zero-order valence-electron chi connectivity index (χ0n) is 22.7. The predicted octanol–water partition coefficient (Wildman–Crippen LogP) is 8.14. The van der Waals surface area contributed by atoms with Crippen LogP contribution in [0.25, 0.3) is 0 Å². The molecule has 2 nitrogen and oxygen atoms in total. The first kappa shape index (κ1) is 26.4. The van der Waals surface area contributed by atoms with E-state index in [4.69, 9.17) is 0 Å². The van der Waals surface area contributed by atoms with Crippen molar-refractivity contribution in [2.45, 2.75) is 147 Å². The van der Waals surface area contributed by atoms with Crippen LogP contribution in [0.15, 0.2) is 0 Å². The minimum absolute atomic E-state index is 0.149. The maximum absolute atomic E-state index is 13.5. The lowest BCUT2D eigenvalue weighted by Crippen LogP contribution is -2.51. The highest BCUT2D eigenvalue weighted by molar-refractivity contribution is 5.07. The van der Waals surface area contributed by atoms with Crippen molar-refractivity contribution in [1.82, 2.24) is 0 Å². The second kappa shape index (κ2) is 9.51. The largest absolute Gasteiger partial charge is 0.390 e. The summed E-state index contributed by atoms with van der Waals surface area (Å²) in [5, 5.41) is 21.8. The van der Waals surface area contributed by atoms with Crippen molar-refractivity contribution in [3.05, 3.63) is 0 Å². The van der Waals surface area contributed by atoms with Crippen LogP contribution in [-0.4, -0.2) is 27.3 Å². The van der Waals surface area contributed by atoms with Gasteiger partial charge in [-0.05, 0) is 130 Å². The van der Waals surface area contributed by atoms with Crippen molar-refractivity contribution in [1.29, 1.82) is 0 Å². The quantitative estimate of drug-likeness (QED) is 0.391. The van der Waals surface area contributed by atoms with Gasteiger partial charge in [0, 0.05) is 12.8 Å². The lowest BCUT2D eigenvalue weighted by molar-refractivity contribution is -0.110. The molecule has 0 bridgehead atoms. The molecule has 0 amide bonds. The Morgan fingerprint density at radius 1 is 0.800 bits per heavy atom. The molecule has 0 spiro atoms. The Hall–Kier alpha value is -0.220. The highest BCUT2D eigenvalue weighted by Crippen LogP contribution is 2.66. The average Bonchev–Trinajstić information content (AvgIpc) is 3.18. The molecule has 2 N–H and O–H groups in total. The van der Waals surface area contributed by atoms with Crippen molar-refractivity contribution < 1.29 is 19.0 Å². The summed E-state index contributed by atoms with van der Waals surface area (Å²) >= 11 is 0. The molecule has 5 aliphatic rings. The van der Waals surface area contributed by atoms with E-state index >= 15 is 0 Å². The van der Waals surface area contributed by atoms with Gasteiger partial charge in [0.1, 0.15) is 0 Å². The molecule has 0 aromatic carbocycles. The Labute approximate surface area is 213 Å². The highest BCUT2D eigenvalue weighted by atomic mass is 19.3. The molecular weight excluding hydrogens is 442 g/mol. The fourth-order valence-electron chi connectivity index (χ4n) is 10.5. The fourth-order valence-corrected chi connectivity index (χ4v) is 10.5. The molecular formula is C31H52F2O2. The van der Waals surface area contributed by atoms with Crippen molar-refractivity contribution in [2.24, 2.45) is 46.8 Å². The van der Waals surface area contributed by atoms with Crippen LogP contribution in [-0.2, 0) is 0 Å². The summed E-state index contributed by atoms with van der Waals surface area (Å²) in [7, 11) is 0. The van der Waals surface area contributed by atoms with Crippen LogP contribution >= 0.6 is 0 Å². The third-order valence-electron chi connectivity index (χ3n) is 12.7. The third-order valence-corrected chi connectivity index (χ3v) is 12.7. The van der Waals surface area contributed by atoms with Gasteiger partial charge in [-0.25, -0.2) is 8.78 Å². The SMILES string of the molecule is CC[C@]1(O)CC[C@H]2[C@@H](CC[C@@H]3[C@@H]2CC[C@]2(C)[C@@H]([C@H](C)CCCC4(O)CCC(F)(F)CC4)CC[C@@H]32)C1. The van der Waals surface area contributed by atoms with Gasteiger partial charge in [0.2, 0.25) is 5.92 Å². The third kappa shape index (κ3) is 4.98. The van der Waals surface area contributed by atoms with Gasteiger partial charge in [0.05, 0.1) is 11.2 Å². The first-order chi connectivity index (χ1) is 16.5. The number of alkyl halides is 2. The van der Waals surface area contributed by atoms with Crippen LogP contribution in [0.2, 0.25) is 0 Å². The zero-order chi connectivity index (χ0) is 25.1. The molecule has 4 heteroatoms. The summed E-state index contributed by atoms with van der Waals surface area (Å²) in [6.07, 6.45) is 15.4. The Kier molecular flexibility index (Phi) is 7.17. The number of fused-ring (bicyclic) bond motifs is 5. The summed E-state index contributed by atoms with van der Waals surface area (Å²) in [5.74, 6) is 3.11. The van der Waals surface area contributed by atoms with Crippen LogP contribution in [0.3, 0.4) is 0 Å². The molecule has 5 rings (SSSR count). The lowest BCUT2D eigenvalue weighted by atomic mass is 9.48. The minimum Gasteiger partial charge on any atom is -0.390 e. The Balaban J connectivity index is 1.17. The van der Waals surface area contributed by atoms with E-state index in [1.54, 1.807) is 0 Å². The van der Waals surface area contributed by atoms with Crippen molar-refractivity contribution in [2.75, 3.05) is 0 Å². The number of halogens is 2. The van der Waals surface area contributed by atoms with Gasteiger partial charge in [-0.15, -0.1) is 0 Å². The molecule has 5 aliphatic carbocycles. The van der Waals surface area contributed by atoms with Crippen molar-refractivity contribution >= 4 is 0 Å². The van der Waals surface area contributed by atoms with Gasteiger partial charge in [-0.2, -0.15) is 0 Å². The molecule has 0 aromatic heterocycles. The first-order valence-corrected chi connectivity index (χ1v) is 15.3. The van der Waals surface area contributed by atoms with E-state index in [9.17, 15) is 19.0 Å². The average molecular weight is 495 g/mol. The molecule has 9 atom stereocenters. The van der Waals surface area contributed by atoms with Gasteiger partial charge in [0.25, 0.3) is 0 Å². The van der Waals surface area contributed by atoms with Crippen molar-refractivity contribution in [3.63, 3.8) is 0 Å². The maximum atomic E-state index is 13.5.